The van der Waals surface area contributed by atoms with Crippen LogP contribution < -0.4 is 10.6 Å². The molecular weight excluding hydrogens is 297 g/mol. The smallest absolute Gasteiger partial charge is 0.338 e. The van der Waals surface area contributed by atoms with Crippen LogP contribution in [0.25, 0.3) is 0 Å². The van der Waals surface area contributed by atoms with Crippen LogP contribution in [-0.4, -0.2) is 17.1 Å². The molecule has 0 unspecified atom stereocenters. The van der Waals surface area contributed by atoms with Crippen LogP contribution in [0.5, 0.6) is 0 Å². The van der Waals surface area contributed by atoms with Crippen molar-refractivity contribution < 1.29 is 19.1 Å². The largest absolute Gasteiger partial charge is 0.478 e. The van der Waals surface area contributed by atoms with Crippen molar-refractivity contribution in [1.29, 1.82) is 5.26 Å². The van der Waals surface area contributed by atoms with Gasteiger partial charge < -0.3 is 10.4 Å². The predicted molar refractivity (Wildman–Crippen MR) is 75.0 cm³/mol. The lowest BCUT2D eigenvalue weighted by Gasteiger charge is -2.08. The van der Waals surface area contributed by atoms with E-state index >= 15 is 0 Å². The first-order valence-electron chi connectivity index (χ1n) is 5.59. The van der Waals surface area contributed by atoms with Crippen molar-refractivity contribution in [3.05, 3.63) is 46.6 Å². The van der Waals surface area contributed by atoms with Gasteiger partial charge in [-0.15, -0.1) is 11.3 Å². The number of hydrogen-bond donors (Lipinski definition) is 3. The lowest BCUT2D eigenvalue weighted by molar-refractivity contribution is 0.0698. The van der Waals surface area contributed by atoms with Gasteiger partial charge in [0.1, 0.15) is 16.9 Å². The van der Waals surface area contributed by atoms with E-state index in [9.17, 15) is 14.0 Å². The van der Waals surface area contributed by atoms with Crippen LogP contribution in [0.4, 0.5) is 19.9 Å². The first-order chi connectivity index (χ1) is 10.0. The van der Waals surface area contributed by atoms with Gasteiger partial charge in [-0.05, 0) is 29.6 Å². The van der Waals surface area contributed by atoms with Gasteiger partial charge in [-0.1, -0.05) is 0 Å². The summed E-state index contributed by atoms with van der Waals surface area (Å²) >= 11 is 1.05. The summed E-state index contributed by atoms with van der Waals surface area (Å²) in [6.07, 6.45) is 0. The number of nitrogens with one attached hydrogen (secondary N) is 2. The first kappa shape index (κ1) is 14.5. The zero-order chi connectivity index (χ0) is 15.4. The molecule has 0 atom stereocenters. The molecule has 2 aromatic rings. The Hall–Kier alpha value is -2.92. The fourth-order valence-electron chi connectivity index (χ4n) is 1.55. The molecule has 0 aliphatic carbocycles. The number of carboxylic acids is 1. The maximum absolute atomic E-state index is 13.0. The number of amides is 2. The minimum Gasteiger partial charge on any atom is -0.478 e. The molecule has 0 spiro atoms. The Morgan fingerprint density at radius 3 is 2.71 bits per heavy atom. The molecule has 0 radical (unpaired) electrons. The van der Waals surface area contributed by atoms with Gasteiger partial charge in [0.15, 0.2) is 0 Å². The summed E-state index contributed by atoms with van der Waals surface area (Å²) in [4.78, 5) is 22.7. The van der Waals surface area contributed by atoms with E-state index in [0.29, 0.717) is 0 Å². The lowest BCUT2D eigenvalue weighted by atomic mass is 10.2. The topological polar surface area (TPSA) is 102 Å². The average Bonchev–Trinajstić information content (AvgIpc) is 2.89. The van der Waals surface area contributed by atoms with Crippen LogP contribution in [0, 0.1) is 17.1 Å². The van der Waals surface area contributed by atoms with Crippen LogP contribution in [0.2, 0.25) is 0 Å². The van der Waals surface area contributed by atoms with E-state index in [2.05, 4.69) is 10.6 Å². The number of thiophene rings is 1. The van der Waals surface area contributed by atoms with Gasteiger partial charge in [-0.3, -0.25) is 5.32 Å². The monoisotopic (exact) mass is 305 g/mol. The van der Waals surface area contributed by atoms with E-state index in [1.807, 2.05) is 0 Å². The Morgan fingerprint density at radius 2 is 2.05 bits per heavy atom. The highest BCUT2D eigenvalue weighted by Crippen LogP contribution is 2.23. The molecule has 0 aliphatic rings. The SMILES string of the molecule is N#Cc1cc(F)ccc1NC(=O)Nc1sccc1C(=O)O. The van der Waals surface area contributed by atoms with E-state index in [1.54, 1.807) is 6.07 Å². The van der Waals surface area contributed by atoms with Crippen LogP contribution in [0.1, 0.15) is 15.9 Å². The number of hydrogen-bond acceptors (Lipinski definition) is 4. The second-order valence-corrected chi connectivity index (χ2v) is 4.77. The number of carboxylic acid groups (broad SMARTS) is 1. The second-order valence-electron chi connectivity index (χ2n) is 3.85. The van der Waals surface area contributed by atoms with Crippen molar-refractivity contribution in [3.8, 4) is 6.07 Å². The zero-order valence-corrected chi connectivity index (χ0v) is 11.2. The highest BCUT2D eigenvalue weighted by Gasteiger charge is 2.14. The van der Waals surface area contributed by atoms with Crippen molar-refractivity contribution >= 4 is 34.0 Å². The summed E-state index contributed by atoms with van der Waals surface area (Å²) in [5.41, 5.74) is 0.0642. The van der Waals surface area contributed by atoms with Crippen molar-refractivity contribution in [2.24, 2.45) is 0 Å². The molecule has 1 aromatic carbocycles. The molecule has 0 fully saturated rings. The minimum absolute atomic E-state index is 0.0326. The van der Waals surface area contributed by atoms with E-state index in [4.69, 9.17) is 10.4 Å². The van der Waals surface area contributed by atoms with Crippen LogP contribution >= 0.6 is 11.3 Å². The summed E-state index contributed by atoms with van der Waals surface area (Å²) in [5, 5.41) is 24.2. The summed E-state index contributed by atoms with van der Waals surface area (Å²) in [6, 6.07) is 5.74. The number of anilines is 2. The van der Waals surface area contributed by atoms with Gasteiger partial charge >= 0.3 is 12.0 Å². The summed E-state index contributed by atoms with van der Waals surface area (Å²) < 4.78 is 13.0. The molecule has 8 heteroatoms. The molecule has 0 bridgehead atoms. The van der Waals surface area contributed by atoms with E-state index in [0.717, 1.165) is 23.5 Å². The van der Waals surface area contributed by atoms with E-state index in [-0.39, 0.29) is 21.8 Å². The van der Waals surface area contributed by atoms with Gasteiger partial charge in [0, 0.05) is 0 Å². The molecule has 0 saturated heterocycles. The molecule has 21 heavy (non-hydrogen) atoms. The standard InChI is InChI=1S/C13H8FN3O3S/c14-8-1-2-10(7(5-8)6-15)16-13(20)17-11-9(12(18)19)3-4-21-11/h1-5H,(H,18,19)(H2,16,17,20). The Labute approximate surface area is 122 Å². The average molecular weight is 305 g/mol. The molecule has 0 aliphatic heterocycles. The molecular formula is C13H8FN3O3S. The van der Waals surface area contributed by atoms with Gasteiger partial charge in [-0.25, -0.2) is 14.0 Å². The molecule has 2 amide bonds. The number of nitriles is 1. The van der Waals surface area contributed by atoms with Crippen molar-refractivity contribution in [1.82, 2.24) is 0 Å². The molecule has 1 aromatic heterocycles. The molecule has 1 heterocycles. The molecule has 2 rings (SSSR count). The van der Waals surface area contributed by atoms with Crippen molar-refractivity contribution in [2.75, 3.05) is 10.6 Å². The lowest BCUT2D eigenvalue weighted by Crippen LogP contribution is -2.20. The third kappa shape index (κ3) is 3.34. The number of halogens is 1. The second kappa shape index (κ2) is 6.02. The number of nitrogens with zero attached hydrogens (tertiary/aromatic N) is 1. The Kier molecular flexibility index (Phi) is 4.15. The Balaban J connectivity index is 2.14. The highest BCUT2D eigenvalue weighted by atomic mass is 32.1. The van der Waals surface area contributed by atoms with Crippen molar-refractivity contribution in [2.45, 2.75) is 0 Å². The van der Waals surface area contributed by atoms with E-state index in [1.165, 1.54) is 17.5 Å². The molecule has 3 N–H and O–H groups in total. The number of aromatic carboxylic acids is 1. The minimum atomic E-state index is -1.16. The third-order valence-electron chi connectivity index (χ3n) is 2.47. The van der Waals surface area contributed by atoms with Gasteiger partial charge in [-0.2, -0.15) is 5.26 Å². The summed E-state index contributed by atoms with van der Waals surface area (Å²) in [5.74, 6) is -1.75. The quantitative estimate of drug-likeness (QED) is 0.810. The maximum Gasteiger partial charge on any atom is 0.338 e. The fraction of sp³-hybridized carbons (Fsp3) is 0. The predicted octanol–water partition coefficient (Wildman–Crippen LogP) is 3.10. The molecule has 0 saturated carbocycles. The van der Waals surface area contributed by atoms with Gasteiger partial charge in [0.25, 0.3) is 0 Å². The van der Waals surface area contributed by atoms with Crippen LogP contribution in [-0.2, 0) is 0 Å². The molecule has 6 nitrogen and oxygen atoms in total. The Bertz CT molecular complexity index is 751. The number of carbonyl (C=O) groups excluding carboxylic acids is 1. The fourth-order valence-corrected chi connectivity index (χ4v) is 2.32. The maximum atomic E-state index is 13.0. The van der Waals surface area contributed by atoms with Gasteiger partial charge in [0.05, 0.1) is 16.8 Å². The van der Waals surface area contributed by atoms with Crippen LogP contribution in [0.3, 0.4) is 0 Å². The first-order valence-corrected chi connectivity index (χ1v) is 6.47. The Morgan fingerprint density at radius 1 is 1.29 bits per heavy atom. The normalized spacial score (nSPS) is 9.71. The number of rotatable bonds is 3. The van der Waals surface area contributed by atoms with Crippen LogP contribution in [0.15, 0.2) is 29.6 Å². The summed E-state index contributed by atoms with van der Waals surface area (Å²) in [6.45, 7) is 0. The third-order valence-corrected chi connectivity index (χ3v) is 3.30. The highest BCUT2D eigenvalue weighted by molar-refractivity contribution is 7.14. The summed E-state index contributed by atoms with van der Waals surface area (Å²) in [7, 11) is 0. The number of carbonyl (C=O) groups is 2. The van der Waals surface area contributed by atoms with E-state index < -0.39 is 17.8 Å². The zero-order valence-electron chi connectivity index (χ0n) is 10.4. The number of benzene rings is 1. The van der Waals surface area contributed by atoms with Crippen molar-refractivity contribution in [3.63, 3.8) is 0 Å². The van der Waals surface area contributed by atoms with Gasteiger partial charge in [0.2, 0.25) is 0 Å². The molecule has 106 valence electrons. The number of urea groups is 1.